The summed E-state index contributed by atoms with van der Waals surface area (Å²) in [5.74, 6) is 0. The number of aromatic nitrogens is 2. The fourth-order valence-electron chi connectivity index (χ4n) is 2.63. The second kappa shape index (κ2) is 4.86. The Balaban J connectivity index is 1.83. The molecule has 0 aliphatic heterocycles. The lowest BCUT2D eigenvalue weighted by molar-refractivity contribution is 0.696. The molecule has 3 heteroatoms. The number of benzene rings is 1. The highest BCUT2D eigenvalue weighted by Crippen LogP contribution is 2.24. The van der Waals surface area contributed by atoms with Gasteiger partial charge in [-0.15, -0.1) is 0 Å². The van der Waals surface area contributed by atoms with Crippen molar-refractivity contribution in [2.45, 2.75) is 31.7 Å². The van der Waals surface area contributed by atoms with Crippen molar-refractivity contribution in [1.82, 2.24) is 9.97 Å². The van der Waals surface area contributed by atoms with Gasteiger partial charge < -0.3 is 5.73 Å². The fourth-order valence-corrected chi connectivity index (χ4v) is 2.63. The largest absolute Gasteiger partial charge is 0.324 e. The second-order valence-electron chi connectivity index (χ2n) is 4.82. The third-order valence-corrected chi connectivity index (χ3v) is 3.61. The minimum absolute atomic E-state index is 0.0193. The monoisotopic (exact) mass is 239 g/mol. The standard InChI is InChI=1S/C15H17N3/c16-13(11-5-2-1-3-6-11)9-15-12-7-4-8-14(12)17-10-18-15/h1-3,5-6,10,13H,4,7-9,16H2. The zero-order valence-electron chi connectivity index (χ0n) is 10.3. The number of nitrogens with two attached hydrogens (primary N) is 1. The van der Waals surface area contributed by atoms with Gasteiger partial charge in [0.05, 0.1) is 0 Å². The molecule has 1 atom stereocenters. The molecular weight excluding hydrogens is 222 g/mol. The minimum atomic E-state index is 0.0193. The lowest BCUT2D eigenvalue weighted by Crippen LogP contribution is -2.15. The van der Waals surface area contributed by atoms with E-state index >= 15 is 0 Å². The highest BCUT2D eigenvalue weighted by molar-refractivity contribution is 5.30. The van der Waals surface area contributed by atoms with Gasteiger partial charge in [0.2, 0.25) is 0 Å². The van der Waals surface area contributed by atoms with Crippen molar-refractivity contribution in [2.24, 2.45) is 5.73 Å². The van der Waals surface area contributed by atoms with Crippen LogP contribution >= 0.6 is 0 Å². The number of aryl methyl sites for hydroxylation is 1. The van der Waals surface area contributed by atoms with Crippen LogP contribution in [-0.2, 0) is 19.3 Å². The van der Waals surface area contributed by atoms with E-state index in [1.807, 2.05) is 18.2 Å². The molecule has 1 unspecified atom stereocenters. The highest BCUT2D eigenvalue weighted by atomic mass is 14.9. The lowest BCUT2D eigenvalue weighted by atomic mass is 10.00. The van der Waals surface area contributed by atoms with Crippen LogP contribution in [0.5, 0.6) is 0 Å². The highest BCUT2D eigenvalue weighted by Gasteiger charge is 2.18. The van der Waals surface area contributed by atoms with E-state index in [-0.39, 0.29) is 6.04 Å². The molecule has 0 saturated carbocycles. The average molecular weight is 239 g/mol. The molecule has 1 heterocycles. The first-order valence-corrected chi connectivity index (χ1v) is 6.47. The number of hydrogen-bond donors (Lipinski definition) is 1. The normalized spacial score (nSPS) is 15.4. The van der Waals surface area contributed by atoms with Crippen molar-refractivity contribution in [3.63, 3.8) is 0 Å². The van der Waals surface area contributed by atoms with Crippen LogP contribution < -0.4 is 5.73 Å². The summed E-state index contributed by atoms with van der Waals surface area (Å²) in [6, 6.07) is 10.2. The van der Waals surface area contributed by atoms with Gasteiger partial charge >= 0.3 is 0 Å². The molecule has 0 spiro atoms. The molecular formula is C15H17N3. The van der Waals surface area contributed by atoms with Gasteiger partial charge in [-0.1, -0.05) is 30.3 Å². The summed E-state index contributed by atoms with van der Waals surface area (Å²) in [4.78, 5) is 8.77. The summed E-state index contributed by atoms with van der Waals surface area (Å²) in [5, 5.41) is 0. The van der Waals surface area contributed by atoms with Gasteiger partial charge in [0, 0.05) is 23.9 Å². The van der Waals surface area contributed by atoms with E-state index in [1.54, 1.807) is 6.33 Å². The summed E-state index contributed by atoms with van der Waals surface area (Å²) < 4.78 is 0. The van der Waals surface area contributed by atoms with Crippen molar-refractivity contribution in [3.05, 3.63) is 59.2 Å². The van der Waals surface area contributed by atoms with E-state index in [1.165, 1.54) is 23.2 Å². The van der Waals surface area contributed by atoms with Gasteiger partial charge in [-0.2, -0.15) is 0 Å². The number of fused-ring (bicyclic) bond motifs is 1. The van der Waals surface area contributed by atoms with Crippen LogP contribution in [-0.4, -0.2) is 9.97 Å². The topological polar surface area (TPSA) is 51.8 Å². The minimum Gasteiger partial charge on any atom is -0.324 e. The van der Waals surface area contributed by atoms with Gasteiger partial charge in [0.25, 0.3) is 0 Å². The maximum atomic E-state index is 6.26. The third-order valence-electron chi connectivity index (χ3n) is 3.61. The molecule has 2 aromatic rings. The Morgan fingerprint density at radius 1 is 1.11 bits per heavy atom. The second-order valence-corrected chi connectivity index (χ2v) is 4.82. The van der Waals surface area contributed by atoms with E-state index in [0.717, 1.165) is 25.0 Å². The molecule has 1 aliphatic rings. The van der Waals surface area contributed by atoms with E-state index < -0.39 is 0 Å². The Kier molecular flexibility index (Phi) is 3.07. The molecule has 1 aromatic heterocycles. The predicted molar refractivity (Wildman–Crippen MR) is 71.1 cm³/mol. The van der Waals surface area contributed by atoms with E-state index in [9.17, 15) is 0 Å². The number of rotatable bonds is 3. The average Bonchev–Trinajstić information content (AvgIpc) is 2.89. The Bertz CT molecular complexity index is 537. The quantitative estimate of drug-likeness (QED) is 0.893. The molecule has 0 bridgehead atoms. The van der Waals surface area contributed by atoms with Crippen LogP contribution in [0.3, 0.4) is 0 Å². The molecule has 3 nitrogen and oxygen atoms in total. The first-order valence-electron chi connectivity index (χ1n) is 6.47. The van der Waals surface area contributed by atoms with Gasteiger partial charge in [0.15, 0.2) is 0 Å². The van der Waals surface area contributed by atoms with Crippen LogP contribution in [0.15, 0.2) is 36.7 Å². The smallest absolute Gasteiger partial charge is 0.115 e. The molecule has 0 fully saturated rings. The zero-order chi connectivity index (χ0) is 12.4. The third kappa shape index (κ3) is 2.14. The maximum Gasteiger partial charge on any atom is 0.115 e. The first-order chi connectivity index (χ1) is 8.84. The Labute approximate surface area is 107 Å². The predicted octanol–water partition coefficient (Wildman–Crippen LogP) is 2.21. The SMILES string of the molecule is NC(Cc1ncnc2c1CCC2)c1ccccc1. The molecule has 2 N–H and O–H groups in total. The van der Waals surface area contributed by atoms with Crippen LogP contribution in [0.4, 0.5) is 0 Å². The van der Waals surface area contributed by atoms with Crippen LogP contribution in [0.25, 0.3) is 0 Å². The first kappa shape index (κ1) is 11.4. The van der Waals surface area contributed by atoms with Crippen molar-refractivity contribution in [3.8, 4) is 0 Å². The van der Waals surface area contributed by atoms with Crippen LogP contribution in [0.2, 0.25) is 0 Å². The molecule has 0 amide bonds. The van der Waals surface area contributed by atoms with E-state index in [4.69, 9.17) is 5.73 Å². The Hall–Kier alpha value is -1.74. The molecule has 1 aliphatic carbocycles. The number of hydrogen-bond acceptors (Lipinski definition) is 3. The summed E-state index contributed by atoms with van der Waals surface area (Å²) in [6.45, 7) is 0. The van der Waals surface area contributed by atoms with Crippen molar-refractivity contribution in [2.75, 3.05) is 0 Å². The van der Waals surface area contributed by atoms with Gasteiger partial charge in [-0.05, 0) is 30.4 Å². The van der Waals surface area contributed by atoms with Crippen molar-refractivity contribution in [1.29, 1.82) is 0 Å². The molecule has 0 saturated heterocycles. The van der Waals surface area contributed by atoms with E-state index in [2.05, 4.69) is 22.1 Å². The molecule has 0 radical (unpaired) electrons. The summed E-state index contributed by atoms with van der Waals surface area (Å²) in [7, 11) is 0. The van der Waals surface area contributed by atoms with Crippen molar-refractivity contribution >= 4 is 0 Å². The van der Waals surface area contributed by atoms with E-state index in [0.29, 0.717) is 0 Å². The molecule has 92 valence electrons. The molecule has 1 aromatic carbocycles. The van der Waals surface area contributed by atoms with Gasteiger partial charge in [-0.3, -0.25) is 0 Å². The summed E-state index contributed by atoms with van der Waals surface area (Å²) in [6.07, 6.45) is 5.87. The Morgan fingerprint density at radius 2 is 1.94 bits per heavy atom. The van der Waals surface area contributed by atoms with Gasteiger partial charge in [-0.25, -0.2) is 9.97 Å². The summed E-state index contributed by atoms with van der Waals surface area (Å²) in [5.41, 5.74) is 11.1. The van der Waals surface area contributed by atoms with Crippen LogP contribution in [0.1, 0.15) is 35.0 Å². The zero-order valence-corrected chi connectivity index (χ0v) is 10.3. The maximum absolute atomic E-state index is 6.26. The van der Waals surface area contributed by atoms with Crippen LogP contribution in [0, 0.1) is 0 Å². The molecule has 18 heavy (non-hydrogen) atoms. The molecule has 3 rings (SSSR count). The fraction of sp³-hybridized carbons (Fsp3) is 0.333. The number of nitrogens with zero attached hydrogens (tertiary/aromatic N) is 2. The lowest BCUT2D eigenvalue weighted by Gasteiger charge is -2.13. The van der Waals surface area contributed by atoms with Gasteiger partial charge in [0.1, 0.15) is 6.33 Å². The van der Waals surface area contributed by atoms with Crippen molar-refractivity contribution < 1.29 is 0 Å². The Morgan fingerprint density at radius 3 is 2.78 bits per heavy atom. The summed E-state index contributed by atoms with van der Waals surface area (Å²) >= 11 is 0.